The summed E-state index contributed by atoms with van der Waals surface area (Å²) in [5.41, 5.74) is 11.7. The normalized spacial score (nSPS) is 20.4. The number of likely N-dealkylation sites (tertiary alicyclic amines) is 2. The fraction of sp³-hybridized carbons (Fsp3) is 0.435. The van der Waals surface area contributed by atoms with Crippen LogP contribution in [0.1, 0.15) is 40.7 Å². The van der Waals surface area contributed by atoms with Crippen LogP contribution in [0, 0.1) is 6.92 Å². The second-order valence-corrected chi connectivity index (χ2v) is 8.07. The number of benzene rings is 2. The number of carbonyl (C=O) groups excluding carboxylic acids is 1. The number of rotatable bonds is 4. The molecule has 0 radical (unpaired) electrons. The van der Waals surface area contributed by atoms with Crippen LogP contribution >= 0.6 is 0 Å². The third-order valence-corrected chi connectivity index (χ3v) is 5.72. The van der Waals surface area contributed by atoms with Crippen LogP contribution in [0.4, 0.5) is 0 Å². The Kier molecular flexibility index (Phi) is 5.28. The van der Waals surface area contributed by atoms with Gasteiger partial charge in [0.1, 0.15) is 0 Å². The number of nitrogens with zero attached hydrogens (tertiary/aromatic N) is 2. The summed E-state index contributed by atoms with van der Waals surface area (Å²) in [6, 6.07) is 15.0. The molecule has 4 heteroatoms. The maximum absolute atomic E-state index is 12.6. The Bertz CT molecular complexity index is 809. The van der Waals surface area contributed by atoms with Gasteiger partial charge in [0.2, 0.25) is 0 Å². The van der Waals surface area contributed by atoms with Crippen molar-refractivity contribution in [3.8, 4) is 11.1 Å². The van der Waals surface area contributed by atoms with Gasteiger partial charge < -0.3 is 10.6 Å². The van der Waals surface area contributed by atoms with Crippen LogP contribution < -0.4 is 5.73 Å². The lowest BCUT2D eigenvalue weighted by Crippen LogP contribution is -2.31. The maximum atomic E-state index is 12.6. The molecule has 2 aromatic carbocycles. The molecule has 27 heavy (non-hydrogen) atoms. The van der Waals surface area contributed by atoms with Crippen LogP contribution in [-0.4, -0.2) is 47.9 Å². The number of amides is 1. The summed E-state index contributed by atoms with van der Waals surface area (Å²) in [4.78, 5) is 17.0. The van der Waals surface area contributed by atoms with Gasteiger partial charge in [0, 0.05) is 31.2 Å². The Morgan fingerprint density at radius 3 is 2.44 bits per heavy atom. The first-order valence-electron chi connectivity index (χ1n) is 10.1. The highest BCUT2D eigenvalue weighted by molar-refractivity contribution is 5.95. The average Bonchev–Trinajstić information content (AvgIpc) is 3.32. The van der Waals surface area contributed by atoms with Crippen molar-refractivity contribution in [1.82, 2.24) is 9.80 Å². The van der Waals surface area contributed by atoms with E-state index in [1.165, 1.54) is 42.6 Å². The smallest absolute Gasteiger partial charge is 0.253 e. The highest BCUT2D eigenvalue weighted by atomic mass is 16.2. The van der Waals surface area contributed by atoms with Crippen molar-refractivity contribution in [3.63, 3.8) is 0 Å². The summed E-state index contributed by atoms with van der Waals surface area (Å²) in [6.45, 7) is 7.03. The van der Waals surface area contributed by atoms with Crippen molar-refractivity contribution in [2.45, 2.75) is 38.8 Å². The molecule has 2 saturated heterocycles. The van der Waals surface area contributed by atoms with Gasteiger partial charge in [-0.25, -0.2) is 0 Å². The van der Waals surface area contributed by atoms with Crippen LogP contribution in [0.15, 0.2) is 42.5 Å². The van der Waals surface area contributed by atoms with Gasteiger partial charge in [-0.15, -0.1) is 0 Å². The summed E-state index contributed by atoms with van der Waals surface area (Å²) in [7, 11) is 0. The monoisotopic (exact) mass is 363 g/mol. The summed E-state index contributed by atoms with van der Waals surface area (Å²) in [5, 5.41) is 0. The molecule has 4 rings (SSSR count). The van der Waals surface area contributed by atoms with E-state index in [2.05, 4.69) is 42.2 Å². The number of carbonyl (C=O) groups is 1. The van der Waals surface area contributed by atoms with Crippen molar-refractivity contribution >= 4 is 5.91 Å². The molecule has 1 unspecified atom stereocenters. The van der Waals surface area contributed by atoms with Crippen LogP contribution in [0.3, 0.4) is 0 Å². The van der Waals surface area contributed by atoms with Crippen molar-refractivity contribution in [2.24, 2.45) is 5.73 Å². The Balaban J connectivity index is 1.51. The van der Waals surface area contributed by atoms with Crippen LogP contribution in [0.2, 0.25) is 0 Å². The standard InChI is InChI=1S/C23H29N3O/c1-17-12-18(15-25-9-2-3-10-25)14-21(13-17)19-4-6-20(7-5-19)23(27)26-11-8-22(24)16-26/h4-7,12-14,22H,2-3,8-11,15-16,24H2,1H3. The predicted molar refractivity (Wildman–Crippen MR) is 110 cm³/mol. The van der Waals surface area contributed by atoms with Gasteiger partial charge in [-0.2, -0.15) is 0 Å². The minimum Gasteiger partial charge on any atom is -0.337 e. The SMILES string of the molecule is Cc1cc(CN2CCCC2)cc(-c2ccc(C(=O)N3CCC(N)C3)cc2)c1. The van der Waals surface area contributed by atoms with Gasteiger partial charge in [-0.05, 0) is 74.2 Å². The second-order valence-electron chi connectivity index (χ2n) is 8.07. The second kappa shape index (κ2) is 7.83. The van der Waals surface area contributed by atoms with Crippen molar-refractivity contribution < 1.29 is 4.79 Å². The lowest BCUT2D eigenvalue weighted by molar-refractivity contribution is 0.0791. The first kappa shape index (κ1) is 18.2. The van der Waals surface area contributed by atoms with Gasteiger partial charge >= 0.3 is 0 Å². The van der Waals surface area contributed by atoms with E-state index in [1.807, 2.05) is 17.0 Å². The van der Waals surface area contributed by atoms with E-state index in [0.29, 0.717) is 6.54 Å². The van der Waals surface area contributed by atoms with Crippen molar-refractivity contribution in [2.75, 3.05) is 26.2 Å². The number of nitrogens with two attached hydrogens (primary N) is 1. The molecule has 2 aromatic rings. The molecular weight excluding hydrogens is 334 g/mol. The van der Waals surface area contributed by atoms with E-state index >= 15 is 0 Å². The van der Waals surface area contributed by atoms with E-state index in [4.69, 9.17) is 5.73 Å². The number of hydrogen-bond acceptors (Lipinski definition) is 3. The van der Waals surface area contributed by atoms with E-state index < -0.39 is 0 Å². The fourth-order valence-corrected chi connectivity index (χ4v) is 4.28. The highest BCUT2D eigenvalue weighted by Gasteiger charge is 2.24. The van der Waals surface area contributed by atoms with E-state index in [1.54, 1.807) is 0 Å². The van der Waals surface area contributed by atoms with E-state index in [-0.39, 0.29) is 11.9 Å². The number of aryl methyl sites for hydroxylation is 1. The maximum Gasteiger partial charge on any atom is 0.253 e. The van der Waals surface area contributed by atoms with E-state index in [9.17, 15) is 4.79 Å². The molecular formula is C23H29N3O. The van der Waals surface area contributed by atoms with Gasteiger partial charge in [0.15, 0.2) is 0 Å². The highest BCUT2D eigenvalue weighted by Crippen LogP contribution is 2.25. The molecule has 2 heterocycles. The van der Waals surface area contributed by atoms with Gasteiger partial charge in [-0.3, -0.25) is 9.69 Å². The fourth-order valence-electron chi connectivity index (χ4n) is 4.28. The van der Waals surface area contributed by atoms with Crippen LogP contribution in [-0.2, 0) is 6.54 Å². The summed E-state index contributed by atoms with van der Waals surface area (Å²) < 4.78 is 0. The first-order valence-corrected chi connectivity index (χ1v) is 10.1. The van der Waals surface area contributed by atoms with E-state index in [0.717, 1.165) is 30.6 Å². The quantitative estimate of drug-likeness (QED) is 0.905. The molecule has 142 valence electrons. The minimum atomic E-state index is 0.0912. The summed E-state index contributed by atoms with van der Waals surface area (Å²) in [5.74, 6) is 0.0912. The molecule has 4 nitrogen and oxygen atoms in total. The first-order chi connectivity index (χ1) is 13.1. The molecule has 2 aliphatic heterocycles. The molecule has 1 amide bonds. The average molecular weight is 364 g/mol. The summed E-state index contributed by atoms with van der Waals surface area (Å²) >= 11 is 0. The topological polar surface area (TPSA) is 49.6 Å². The Hall–Kier alpha value is -2.17. The third kappa shape index (κ3) is 4.23. The third-order valence-electron chi connectivity index (χ3n) is 5.72. The molecule has 0 aromatic heterocycles. The minimum absolute atomic E-state index is 0.0912. The Morgan fingerprint density at radius 1 is 1.04 bits per heavy atom. The lowest BCUT2D eigenvalue weighted by atomic mass is 9.99. The molecule has 1 atom stereocenters. The molecule has 0 spiro atoms. The van der Waals surface area contributed by atoms with Gasteiger partial charge in [0.25, 0.3) is 5.91 Å². The van der Waals surface area contributed by atoms with Crippen molar-refractivity contribution in [3.05, 3.63) is 59.2 Å². The van der Waals surface area contributed by atoms with Crippen LogP contribution in [0.25, 0.3) is 11.1 Å². The number of hydrogen-bond donors (Lipinski definition) is 1. The largest absolute Gasteiger partial charge is 0.337 e. The molecule has 2 fully saturated rings. The van der Waals surface area contributed by atoms with Crippen molar-refractivity contribution in [1.29, 1.82) is 0 Å². The predicted octanol–water partition coefficient (Wildman–Crippen LogP) is 3.43. The zero-order chi connectivity index (χ0) is 18.8. The van der Waals surface area contributed by atoms with Crippen LogP contribution in [0.5, 0.6) is 0 Å². The molecule has 0 aliphatic carbocycles. The Morgan fingerprint density at radius 2 is 1.78 bits per heavy atom. The van der Waals surface area contributed by atoms with Gasteiger partial charge in [-0.1, -0.05) is 29.8 Å². The lowest BCUT2D eigenvalue weighted by Gasteiger charge is -2.17. The molecule has 0 bridgehead atoms. The van der Waals surface area contributed by atoms with Gasteiger partial charge in [0.05, 0.1) is 0 Å². The molecule has 0 saturated carbocycles. The summed E-state index contributed by atoms with van der Waals surface area (Å²) in [6.07, 6.45) is 3.53. The molecule has 2 aliphatic rings. The zero-order valence-corrected chi connectivity index (χ0v) is 16.2. The zero-order valence-electron chi connectivity index (χ0n) is 16.2. The Labute approximate surface area is 162 Å². The molecule has 2 N–H and O–H groups in total.